The molecule has 1 saturated carbocycles. The van der Waals surface area contributed by atoms with Gasteiger partial charge in [0.1, 0.15) is 0 Å². The van der Waals surface area contributed by atoms with Crippen LogP contribution < -0.4 is 5.32 Å². The van der Waals surface area contributed by atoms with Gasteiger partial charge in [0.05, 0.1) is 5.56 Å². The van der Waals surface area contributed by atoms with Crippen LogP contribution in [0.15, 0.2) is 24.3 Å². The quantitative estimate of drug-likeness (QED) is 0.840. The molecule has 4 heteroatoms. The normalized spacial score (nSPS) is 23.8. The second-order valence-corrected chi connectivity index (χ2v) is 5.70. The average Bonchev–Trinajstić information content (AvgIpc) is 2.45. The monoisotopic (exact) mass is 285 g/mol. The van der Waals surface area contributed by atoms with E-state index in [4.69, 9.17) is 0 Å². The molecule has 0 saturated heterocycles. The van der Waals surface area contributed by atoms with Gasteiger partial charge in [0.25, 0.3) is 0 Å². The van der Waals surface area contributed by atoms with Crippen LogP contribution in [-0.4, -0.2) is 6.04 Å². The molecular weight excluding hydrogens is 263 g/mol. The summed E-state index contributed by atoms with van der Waals surface area (Å²) in [6.07, 6.45) is 1.90. The molecule has 1 aromatic carbocycles. The second-order valence-electron chi connectivity index (χ2n) is 5.70. The maximum absolute atomic E-state index is 12.5. The molecule has 20 heavy (non-hydrogen) atoms. The lowest BCUT2D eigenvalue weighted by atomic mass is 9.84. The first-order valence-corrected chi connectivity index (χ1v) is 7.38. The fourth-order valence-corrected chi connectivity index (χ4v) is 2.85. The molecule has 1 aliphatic rings. The van der Waals surface area contributed by atoms with Crippen LogP contribution in [0.3, 0.4) is 0 Å². The molecule has 0 aromatic heterocycles. The van der Waals surface area contributed by atoms with E-state index in [1.807, 2.05) is 0 Å². The highest BCUT2D eigenvalue weighted by Crippen LogP contribution is 2.29. The molecule has 2 rings (SSSR count). The fraction of sp³-hybridized carbons (Fsp3) is 0.625. The van der Waals surface area contributed by atoms with E-state index in [1.165, 1.54) is 32.1 Å². The summed E-state index contributed by atoms with van der Waals surface area (Å²) in [6.45, 7) is 2.89. The zero-order valence-electron chi connectivity index (χ0n) is 11.8. The minimum atomic E-state index is -4.25. The molecule has 1 fully saturated rings. The smallest absolute Gasteiger partial charge is 0.310 e. The highest BCUT2D eigenvalue weighted by Gasteiger charge is 2.29. The molecule has 0 unspecified atom stereocenters. The van der Waals surface area contributed by atoms with E-state index >= 15 is 0 Å². The van der Waals surface area contributed by atoms with Crippen molar-refractivity contribution in [1.82, 2.24) is 5.32 Å². The van der Waals surface area contributed by atoms with Crippen LogP contribution in [0.2, 0.25) is 0 Å². The Hall–Kier alpha value is -1.03. The molecule has 0 bridgehead atoms. The Labute approximate surface area is 118 Å². The molecule has 1 nitrogen and oxygen atoms in total. The second kappa shape index (κ2) is 6.61. The fourth-order valence-electron chi connectivity index (χ4n) is 2.85. The third-order valence-corrected chi connectivity index (χ3v) is 4.30. The van der Waals surface area contributed by atoms with Gasteiger partial charge < -0.3 is 5.32 Å². The van der Waals surface area contributed by atoms with E-state index < -0.39 is 11.7 Å². The summed E-state index contributed by atoms with van der Waals surface area (Å²) in [5.41, 5.74) is 0.334. The number of hydrogen-bond acceptors (Lipinski definition) is 1. The highest BCUT2D eigenvalue weighted by atomic mass is 19.4. The van der Waals surface area contributed by atoms with Crippen molar-refractivity contribution in [3.63, 3.8) is 0 Å². The van der Waals surface area contributed by atoms with E-state index in [9.17, 15) is 13.2 Å². The molecule has 1 N–H and O–H groups in total. The van der Waals surface area contributed by atoms with Crippen LogP contribution in [-0.2, 0) is 12.7 Å². The summed E-state index contributed by atoms with van der Waals surface area (Å²) in [7, 11) is 0. The van der Waals surface area contributed by atoms with Crippen molar-refractivity contribution in [3.8, 4) is 0 Å². The Morgan fingerprint density at radius 1 is 1.05 bits per heavy atom. The van der Waals surface area contributed by atoms with Gasteiger partial charge in [-0.25, -0.2) is 0 Å². The van der Waals surface area contributed by atoms with Crippen molar-refractivity contribution < 1.29 is 13.2 Å². The van der Waals surface area contributed by atoms with Gasteiger partial charge in [-0.15, -0.1) is 0 Å². The van der Waals surface area contributed by atoms with Crippen LogP contribution in [0.1, 0.15) is 50.2 Å². The Kier molecular flexibility index (Phi) is 5.08. The van der Waals surface area contributed by atoms with Crippen LogP contribution in [0.25, 0.3) is 0 Å². The predicted octanol–water partition coefficient (Wildman–Crippen LogP) is 4.76. The van der Waals surface area contributed by atoms with E-state index in [0.29, 0.717) is 12.6 Å². The maximum Gasteiger partial charge on any atom is 0.416 e. The third kappa shape index (κ3) is 4.23. The van der Waals surface area contributed by atoms with Crippen LogP contribution in [0.4, 0.5) is 13.2 Å². The van der Waals surface area contributed by atoms with Gasteiger partial charge in [-0.1, -0.05) is 25.5 Å². The standard InChI is InChI=1S/C16H22F3N/c1-2-12-5-9-15(10-6-12)20-11-13-3-7-14(8-4-13)16(17,18)19/h3-4,7-8,12,15,20H,2,5-6,9-11H2,1H3. The SMILES string of the molecule is CCC1CCC(NCc2ccc(C(F)(F)F)cc2)CC1. The van der Waals surface area contributed by atoms with Gasteiger partial charge in [0, 0.05) is 12.6 Å². The summed E-state index contributed by atoms with van der Waals surface area (Å²) in [5, 5.41) is 3.46. The lowest BCUT2D eigenvalue weighted by Gasteiger charge is -2.28. The summed E-state index contributed by atoms with van der Waals surface area (Å²) in [4.78, 5) is 0. The van der Waals surface area contributed by atoms with Gasteiger partial charge in [-0.3, -0.25) is 0 Å². The number of alkyl halides is 3. The van der Waals surface area contributed by atoms with Gasteiger partial charge in [-0.2, -0.15) is 13.2 Å². The van der Waals surface area contributed by atoms with Gasteiger partial charge >= 0.3 is 6.18 Å². The minimum absolute atomic E-state index is 0.514. The number of nitrogens with one attached hydrogen (secondary N) is 1. The summed E-state index contributed by atoms with van der Waals surface area (Å²) >= 11 is 0. The predicted molar refractivity (Wildman–Crippen MR) is 74.3 cm³/mol. The van der Waals surface area contributed by atoms with Crippen molar-refractivity contribution in [3.05, 3.63) is 35.4 Å². The molecule has 0 heterocycles. The van der Waals surface area contributed by atoms with Crippen molar-refractivity contribution in [2.75, 3.05) is 0 Å². The van der Waals surface area contributed by atoms with Gasteiger partial charge in [0.2, 0.25) is 0 Å². The summed E-state index contributed by atoms with van der Waals surface area (Å²) < 4.78 is 37.4. The molecule has 0 aliphatic heterocycles. The lowest BCUT2D eigenvalue weighted by Crippen LogP contribution is -2.32. The van der Waals surface area contributed by atoms with Crippen LogP contribution >= 0.6 is 0 Å². The molecule has 1 aliphatic carbocycles. The van der Waals surface area contributed by atoms with Crippen LogP contribution in [0.5, 0.6) is 0 Å². The zero-order valence-corrected chi connectivity index (χ0v) is 11.8. The van der Waals surface area contributed by atoms with Crippen molar-refractivity contribution in [1.29, 1.82) is 0 Å². The van der Waals surface area contributed by atoms with Crippen molar-refractivity contribution in [2.24, 2.45) is 5.92 Å². The largest absolute Gasteiger partial charge is 0.416 e. The highest BCUT2D eigenvalue weighted by molar-refractivity contribution is 5.24. The van der Waals surface area contributed by atoms with E-state index in [2.05, 4.69) is 12.2 Å². The summed E-state index contributed by atoms with van der Waals surface area (Å²) in [6, 6.07) is 5.96. The molecule has 0 radical (unpaired) electrons. The first-order chi connectivity index (χ1) is 9.49. The number of rotatable bonds is 4. The topological polar surface area (TPSA) is 12.0 Å². The Balaban J connectivity index is 1.80. The van der Waals surface area contributed by atoms with Crippen molar-refractivity contribution in [2.45, 2.75) is 57.8 Å². The summed E-state index contributed by atoms with van der Waals surface area (Å²) in [5.74, 6) is 0.860. The number of benzene rings is 1. The Morgan fingerprint density at radius 2 is 1.65 bits per heavy atom. The molecule has 1 aromatic rings. The maximum atomic E-state index is 12.5. The molecule has 112 valence electrons. The Bertz CT molecular complexity index is 403. The van der Waals surface area contributed by atoms with E-state index in [0.717, 1.165) is 23.6 Å². The van der Waals surface area contributed by atoms with E-state index in [-0.39, 0.29) is 0 Å². The third-order valence-electron chi connectivity index (χ3n) is 4.30. The van der Waals surface area contributed by atoms with E-state index in [1.54, 1.807) is 12.1 Å². The number of hydrogen-bond donors (Lipinski definition) is 1. The minimum Gasteiger partial charge on any atom is -0.310 e. The van der Waals surface area contributed by atoms with Gasteiger partial charge in [-0.05, 0) is 49.3 Å². The average molecular weight is 285 g/mol. The lowest BCUT2D eigenvalue weighted by molar-refractivity contribution is -0.137. The number of halogens is 3. The molecule has 0 atom stereocenters. The molecule has 0 spiro atoms. The zero-order chi connectivity index (χ0) is 14.6. The molecule has 0 amide bonds. The first-order valence-electron chi connectivity index (χ1n) is 7.38. The van der Waals surface area contributed by atoms with Crippen molar-refractivity contribution >= 4 is 0 Å². The first kappa shape index (κ1) is 15.4. The van der Waals surface area contributed by atoms with Gasteiger partial charge in [0.15, 0.2) is 0 Å². The Morgan fingerprint density at radius 3 is 2.15 bits per heavy atom. The molecular formula is C16H22F3N. The van der Waals surface area contributed by atoms with Crippen LogP contribution in [0, 0.1) is 5.92 Å².